The summed E-state index contributed by atoms with van der Waals surface area (Å²) >= 11 is 0. The molecule has 77 heavy (non-hydrogen) atoms. The second kappa shape index (κ2) is 24.1. The van der Waals surface area contributed by atoms with Gasteiger partial charge in [0, 0.05) is 45.1 Å². The van der Waals surface area contributed by atoms with Crippen molar-refractivity contribution in [2.24, 2.45) is 5.92 Å². The minimum Gasteiger partial charge on any atom is -0.507 e. The van der Waals surface area contributed by atoms with Crippen molar-refractivity contribution in [1.82, 2.24) is 0 Å². The monoisotopic (exact) mass is 1100 g/mol. The fourth-order valence-corrected chi connectivity index (χ4v) is 11.8. The van der Waals surface area contributed by atoms with Crippen LogP contribution in [0.25, 0.3) is 10.8 Å². The highest BCUT2D eigenvalue weighted by Gasteiger charge is 2.52. The Bertz CT molecular complexity index is 2380. The van der Waals surface area contributed by atoms with Crippen molar-refractivity contribution in [1.29, 1.82) is 0 Å². The Hall–Kier alpha value is -3.16. The number of benzene rings is 2. The fraction of sp³-hybridized carbons (Fsp3) is 0.774. The molecule has 5 heterocycles. The van der Waals surface area contributed by atoms with Gasteiger partial charge in [0.1, 0.15) is 65.9 Å². The van der Waals surface area contributed by atoms with Crippen LogP contribution >= 0.6 is 0 Å². The number of aliphatic hydroxyl groups is 10. The SMILES string of the molecule is CO[C@H](C(=O)[C@@H](O)[C@@H](C)O)[C@@H]1Cc2cc3cc(C[C@H]4C[C@H](O[C@H]5C[C@@H](O)[C@H](O)[C@@H](C)O5)[C@@H](O)[C@@H](C)O4)c(C)c(O)c3c(O)c2C(=O)[C@@H]1O[C@@H]1C[C@H](O[C@@H]2C[C@H](O[C@@H]3C[C@](O)(CO)[C@@H](O)[C@H](C)O3)[C@@H](O)[C@H](C)O2)[C@@H](O)[C@H](C)O1. The summed E-state index contributed by atoms with van der Waals surface area (Å²) in [5, 5.41) is 131. The van der Waals surface area contributed by atoms with E-state index in [0.29, 0.717) is 16.5 Å². The molecule has 0 saturated carbocycles. The maximum atomic E-state index is 15.1. The first-order valence-corrected chi connectivity index (χ1v) is 26.5. The van der Waals surface area contributed by atoms with Crippen LogP contribution in [0, 0.1) is 12.8 Å². The van der Waals surface area contributed by atoms with E-state index in [1.165, 1.54) is 27.9 Å². The Morgan fingerprint density at radius 1 is 0.714 bits per heavy atom. The molecule has 434 valence electrons. The van der Waals surface area contributed by atoms with E-state index in [0.717, 1.165) is 0 Å². The number of phenolic OH excluding ortho intramolecular Hbond substituents is 2. The Kier molecular flexibility index (Phi) is 18.8. The molecule has 0 unspecified atom stereocenters. The highest BCUT2D eigenvalue weighted by molar-refractivity contribution is 6.11. The molecule has 0 amide bonds. The van der Waals surface area contributed by atoms with Gasteiger partial charge in [-0.05, 0) is 89.5 Å². The highest BCUT2D eigenvalue weighted by Crippen LogP contribution is 2.46. The largest absolute Gasteiger partial charge is 0.507 e. The summed E-state index contributed by atoms with van der Waals surface area (Å²) in [6.45, 7) is 9.95. The average molecular weight is 1100 g/mol. The molecule has 5 aliphatic heterocycles. The topological polar surface area (TPSA) is 369 Å². The quantitative estimate of drug-likeness (QED) is 0.0952. The summed E-state index contributed by atoms with van der Waals surface area (Å²) in [6, 6.07) is 3.31. The molecule has 0 aromatic heterocycles. The van der Waals surface area contributed by atoms with Crippen LogP contribution in [-0.4, -0.2) is 233 Å². The third-order valence-electron chi connectivity index (χ3n) is 16.5. The molecule has 24 nitrogen and oxygen atoms in total. The van der Waals surface area contributed by atoms with Crippen LogP contribution in [0.3, 0.4) is 0 Å². The number of ketones is 2. The Morgan fingerprint density at radius 3 is 1.79 bits per heavy atom. The van der Waals surface area contributed by atoms with Crippen LogP contribution in [0.4, 0.5) is 0 Å². The van der Waals surface area contributed by atoms with Gasteiger partial charge in [0.25, 0.3) is 0 Å². The van der Waals surface area contributed by atoms with E-state index < -0.39 is 177 Å². The lowest BCUT2D eigenvalue weighted by atomic mass is 9.74. The van der Waals surface area contributed by atoms with Crippen LogP contribution in [0.5, 0.6) is 11.5 Å². The van der Waals surface area contributed by atoms with Gasteiger partial charge in [-0.2, -0.15) is 0 Å². The van der Waals surface area contributed by atoms with Crippen molar-refractivity contribution in [3.63, 3.8) is 0 Å². The highest BCUT2D eigenvalue weighted by atomic mass is 16.7. The van der Waals surface area contributed by atoms with Gasteiger partial charge in [0.2, 0.25) is 0 Å². The van der Waals surface area contributed by atoms with Gasteiger partial charge in [-0.25, -0.2) is 0 Å². The van der Waals surface area contributed by atoms with E-state index in [-0.39, 0.29) is 67.2 Å². The lowest BCUT2D eigenvalue weighted by Gasteiger charge is -2.46. The predicted octanol–water partition coefficient (Wildman–Crippen LogP) is -1.07. The molecule has 1 aliphatic carbocycles. The van der Waals surface area contributed by atoms with E-state index in [2.05, 4.69) is 0 Å². The first kappa shape index (κ1) is 59.9. The molecule has 6 aliphatic rings. The smallest absolute Gasteiger partial charge is 0.196 e. The first-order chi connectivity index (χ1) is 36.2. The molecule has 2 aromatic rings. The molecule has 0 bridgehead atoms. The zero-order chi connectivity index (χ0) is 56.3. The van der Waals surface area contributed by atoms with Gasteiger partial charge in [-0.3, -0.25) is 9.59 Å². The molecule has 5 saturated heterocycles. The third-order valence-corrected chi connectivity index (χ3v) is 16.5. The molecule has 25 atom stereocenters. The molecule has 0 radical (unpaired) electrons. The van der Waals surface area contributed by atoms with Gasteiger partial charge in [0.05, 0.1) is 84.7 Å². The predicted molar refractivity (Wildman–Crippen MR) is 263 cm³/mol. The van der Waals surface area contributed by atoms with Crippen LogP contribution < -0.4 is 0 Å². The number of carbonyl (C=O) groups excluding carboxylic acids is 2. The second-order valence-electron chi connectivity index (χ2n) is 22.1. The van der Waals surface area contributed by atoms with Crippen molar-refractivity contribution < 1.29 is 118 Å². The van der Waals surface area contributed by atoms with Gasteiger partial charge < -0.3 is 109 Å². The number of fused-ring (bicyclic) bond motifs is 2. The van der Waals surface area contributed by atoms with Crippen molar-refractivity contribution in [3.8, 4) is 11.5 Å². The van der Waals surface area contributed by atoms with Crippen LogP contribution in [0.2, 0.25) is 0 Å². The van der Waals surface area contributed by atoms with Crippen LogP contribution in [0.15, 0.2) is 12.1 Å². The summed E-state index contributed by atoms with van der Waals surface area (Å²) in [4.78, 5) is 29.0. The minimum atomic E-state index is -1.94. The number of ether oxygens (including phenoxy) is 10. The van der Waals surface area contributed by atoms with Crippen LogP contribution in [-0.2, 0) is 65.0 Å². The molecule has 0 spiro atoms. The van der Waals surface area contributed by atoms with E-state index in [4.69, 9.17) is 47.4 Å². The fourth-order valence-electron chi connectivity index (χ4n) is 11.8. The lowest BCUT2D eigenvalue weighted by Crippen LogP contribution is -2.60. The summed E-state index contributed by atoms with van der Waals surface area (Å²) in [6.07, 6.45) is -26.7. The standard InChI is InChI=1S/C53H78O24/c1-19-26(11-29-13-32(44(60)22(4)69-29)74-35-14-31(56)43(59)21(3)70-35)9-27-10-28-12-30(50(68-8)49(65)42(58)20(2)55)51(48(64)40(28)47(63)39(27)41(19)57)77-37-16-33(45(61)24(6)72-37)75-36-15-34(46(62)23(5)71-36)76-38-17-53(67,18-54)52(66)25(7)73-38/h9-10,20-25,29-38,42-46,50-52,54-63,66-67H,11-18H2,1-8H3/t20-,21-,22-,23+,24+,25+,29+,30+,31-,32+,33+,34+,35+,36-,37-,38-,42+,43-,44+,45+,46+,50+,51-,52+,53+/m1/s1. The maximum absolute atomic E-state index is 15.1. The zero-order valence-electron chi connectivity index (χ0n) is 44.4. The molecule has 2 aromatic carbocycles. The first-order valence-electron chi connectivity index (χ1n) is 26.5. The molecular formula is C53H78O24. The number of phenols is 2. The number of carbonyl (C=O) groups is 2. The minimum absolute atomic E-state index is 0.0156. The summed E-state index contributed by atoms with van der Waals surface area (Å²) in [5.41, 5.74) is -0.996. The Labute approximate surface area is 445 Å². The second-order valence-corrected chi connectivity index (χ2v) is 22.1. The number of rotatable bonds is 16. The average Bonchev–Trinajstić information content (AvgIpc) is 3.37. The number of aromatic hydroxyl groups is 2. The van der Waals surface area contributed by atoms with Crippen molar-refractivity contribution in [2.75, 3.05) is 13.7 Å². The summed E-state index contributed by atoms with van der Waals surface area (Å²) in [5.74, 6) is -3.97. The Balaban J connectivity index is 1.04. The summed E-state index contributed by atoms with van der Waals surface area (Å²) in [7, 11) is 1.19. The van der Waals surface area contributed by atoms with Crippen molar-refractivity contribution in [3.05, 3.63) is 34.4 Å². The summed E-state index contributed by atoms with van der Waals surface area (Å²) < 4.78 is 60.5. The van der Waals surface area contributed by atoms with Gasteiger partial charge in [-0.15, -0.1) is 0 Å². The number of hydrogen-bond acceptors (Lipinski definition) is 24. The van der Waals surface area contributed by atoms with Crippen LogP contribution in [0.1, 0.15) is 101 Å². The third kappa shape index (κ3) is 12.2. The molecule has 5 fully saturated rings. The van der Waals surface area contributed by atoms with Crippen molar-refractivity contribution >= 4 is 22.3 Å². The molecule has 24 heteroatoms. The van der Waals surface area contributed by atoms with E-state index in [1.807, 2.05) is 0 Å². The van der Waals surface area contributed by atoms with E-state index in [9.17, 15) is 66.1 Å². The normalized spacial score (nSPS) is 42.2. The lowest BCUT2D eigenvalue weighted by molar-refractivity contribution is -0.336. The molecule has 12 N–H and O–H groups in total. The van der Waals surface area contributed by atoms with Gasteiger partial charge in [0.15, 0.2) is 36.7 Å². The Morgan fingerprint density at radius 2 is 1.23 bits per heavy atom. The van der Waals surface area contributed by atoms with E-state index >= 15 is 4.79 Å². The van der Waals surface area contributed by atoms with Crippen molar-refractivity contribution in [2.45, 2.75) is 240 Å². The maximum Gasteiger partial charge on any atom is 0.196 e. The number of methoxy groups -OCH3 is 1. The molecular weight excluding hydrogens is 1020 g/mol. The van der Waals surface area contributed by atoms with E-state index in [1.54, 1.807) is 39.8 Å². The number of Topliss-reactive ketones (excluding diaryl/α,β-unsaturated/α-hetero) is 2. The number of aliphatic hydroxyl groups excluding tert-OH is 9. The number of hydrogen-bond donors (Lipinski definition) is 12. The molecule has 8 rings (SSSR count). The zero-order valence-corrected chi connectivity index (χ0v) is 44.4. The van der Waals surface area contributed by atoms with Gasteiger partial charge in [-0.1, -0.05) is 6.07 Å². The van der Waals surface area contributed by atoms with Gasteiger partial charge >= 0.3 is 0 Å².